The zero-order valence-electron chi connectivity index (χ0n) is 9.23. The van der Waals surface area contributed by atoms with E-state index in [4.69, 9.17) is 16.3 Å². The first-order valence-corrected chi connectivity index (χ1v) is 6.10. The normalized spacial score (nSPS) is 31.1. The fourth-order valence-electron chi connectivity index (χ4n) is 2.65. The molecule has 17 heavy (non-hydrogen) atoms. The first-order chi connectivity index (χ1) is 8.24. The molecule has 1 fully saturated rings. The van der Waals surface area contributed by atoms with Crippen molar-refractivity contribution in [3.05, 3.63) is 34.9 Å². The summed E-state index contributed by atoms with van der Waals surface area (Å²) in [6.07, 6.45) is 3.48. The molecule has 0 amide bonds. The molecular formula is C13H12ClNO2. The van der Waals surface area contributed by atoms with Crippen LogP contribution < -0.4 is 0 Å². The number of hydrogen-bond acceptors (Lipinski definition) is 3. The van der Waals surface area contributed by atoms with Gasteiger partial charge in [0.25, 0.3) is 0 Å². The van der Waals surface area contributed by atoms with Crippen molar-refractivity contribution in [3.8, 4) is 0 Å². The highest BCUT2D eigenvalue weighted by Crippen LogP contribution is 2.43. The van der Waals surface area contributed by atoms with Crippen LogP contribution in [-0.2, 0) is 15.1 Å². The van der Waals surface area contributed by atoms with Gasteiger partial charge in [-0.25, -0.2) is 4.99 Å². The summed E-state index contributed by atoms with van der Waals surface area (Å²) in [7, 11) is 0. The Morgan fingerprint density at radius 1 is 1.41 bits per heavy atom. The number of aliphatic imine (C=N–C) groups is 1. The molecule has 0 unspecified atom stereocenters. The van der Waals surface area contributed by atoms with Crippen LogP contribution in [0.1, 0.15) is 24.8 Å². The third-order valence-corrected chi connectivity index (χ3v) is 3.85. The number of rotatable bonds is 1. The molecule has 1 aromatic carbocycles. The SMILES string of the molecule is O=C1[C@@H]2CCC[C@@]1(c1ccccc1Cl)N=CO2. The fourth-order valence-corrected chi connectivity index (χ4v) is 2.94. The van der Waals surface area contributed by atoms with Crippen molar-refractivity contribution in [1.82, 2.24) is 0 Å². The van der Waals surface area contributed by atoms with Gasteiger partial charge in [-0.05, 0) is 25.3 Å². The van der Waals surface area contributed by atoms with Crippen LogP contribution in [0.5, 0.6) is 0 Å². The Morgan fingerprint density at radius 3 is 3.06 bits per heavy atom. The van der Waals surface area contributed by atoms with Crippen LogP contribution in [0.3, 0.4) is 0 Å². The van der Waals surface area contributed by atoms with Gasteiger partial charge in [-0.15, -0.1) is 0 Å². The second-order valence-electron chi connectivity index (χ2n) is 4.46. The number of fused-ring (bicyclic) bond motifs is 2. The Balaban J connectivity index is 2.17. The van der Waals surface area contributed by atoms with E-state index in [2.05, 4.69) is 4.99 Å². The molecule has 0 N–H and O–H groups in total. The van der Waals surface area contributed by atoms with Crippen molar-refractivity contribution in [2.75, 3.05) is 0 Å². The first kappa shape index (κ1) is 10.8. The van der Waals surface area contributed by atoms with Gasteiger partial charge in [0.15, 0.2) is 18.0 Å². The molecule has 2 atom stereocenters. The molecule has 1 aromatic rings. The van der Waals surface area contributed by atoms with Gasteiger partial charge in [-0.1, -0.05) is 29.8 Å². The number of nitrogens with zero attached hydrogens (tertiary/aromatic N) is 1. The van der Waals surface area contributed by atoms with Crippen molar-refractivity contribution in [3.63, 3.8) is 0 Å². The fraction of sp³-hybridized carbons (Fsp3) is 0.385. The van der Waals surface area contributed by atoms with Crippen LogP contribution in [-0.4, -0.2) is 18.3 Å². The number of benzene rings is 1. The minimum atomic E-state index is -0.806. The zero-order chi connectivity index (χ0) is 11.9. The van der Waals surface area contributed by atoms with Crippen LogP contribution in [0.2, 0.25) is 5.02 Å². The number of ether oxygens (including phenoxy) is 1. The molecule has 0 saturated heterocycles. The highest BCUT2D eigenvalue weighted by molar-refractivity contribution is 6.31. The predicted octanol–water partition coefficient (Wildman–Crippen LogP) is 2.72. The third kappa shape index (κ3) is 1.49. The molecule has 3 nitrogen and oxygen atoms in total. The van der Waals surface area contributed by atoms with E-state index in [1.165, 1.54) is 6.40 Å². The molecule has 1 aliphatic carbocycles. The molecular weight excluding hydrogens is 238 g/mol. The van der Waals surface area contributed by atoms with E-state index in [-0.39, 0.29) is 11.9 Å². The van der Waals surface area contributed by atoms with E-state index in [0.717, 1.165) is 18.4 Å². The van der Waals surface area contributed by atoms with Crippen LogP contribution >= 0.6 is 11.6 Å². The molecule has 3 rings (SSSR count). The lowest BCUT2D eigenvalue weighted by molar-refractivity contribution is -0.136. The maximum absolute atomic E-state index is 12.4. The lowest BCUT2D eigenvalue weighted by Crippen LogP contribution is -2.49. The Hall–Kier alpha value is -1.35. The largest absolute Gasteiger partial charge is 0.472 e. The number of halogens is 1. The van der Waals surface area contributed by atoms with Gasteiger partial charge in [0, 0.05) is 10.6 Å². The summed E-state index contributed by atoms with van der Waals surface area (Å²) >= 11 is 6.20. The second kappa shape index (κ2) is 3.84. The average Bonchev–Trinajstić information content (AvgIpc) is 2.30. The lowest BCUT2D eigenvalue weighted by Gasteiger charge is -2.39. The lowest BCUT2D eigenvalue weighted by atomic mass is 9.74. The predicted molar refractivity (Wildman–Crippen MR) is 65.4 cm³/mol. The van der Waals surface area contributed by atoms with Crippen molar-refractivity contribution in [1.29, 1.82) is 0 Å². The highest BCUT2D eigenvalue weighted by atomic mass is 35.5. The summed E-state index contributed by atoms with van der Waals surface area (Å²) < 4.78 is 5.26. The molecule has 1 heterocycles. The maximum atomic E-state index is 12.4. The Bertz CT molecular complexity index is 500. The minimum absolute atomic E-state index is 0.0411. The van der Waals surface area contributed by atoms with Gasteiger partial charge in [0.05, 0.1) is 0 Å². The van der Waals surface area contributed by atoms with E-state index < -0.39 is 5.54 Å². The van der Waals surface area contributed by atoms with Crippen molar-refractivity contribution < 1.29 is 9.53 Å². The summed E-state index contributed by atoms with van der Waals surface area (Å²) in [4.78, 5) is 16.7. The standard InChI is InChI=1S/C13H12ClNO2/c14-10-5-2-1-4-9(10)13-7-3-6-11(12(13)16)17-8-15-13/h1-2,4-5,8,11H,3,6-7H2/t11-,13-/m0/s1. The number of ketones is 1. The monoisotopic (exact) mass is 249 g/mol. The van der Waals surface area contributed by atoms with Crippen molar-refractivity contribution >= 4 is 23.8 Å². The maximum Gasteiger partial charge on any atom is 0.205 e. The second-order valence-corrected chi connectivity index (χ2v) is 4.86. The summed E-state index contributed by atoms with van der Waals surface area (Å²) in [5.74, 6) is 0.0411. The molecule has 0 aromatic heterocycles. The number of Topliss-reactive ketones (excluding diaryl/α,β-unsaturated/α-hetero) is 1. The zero-order valence-corrected chi connectivity index (χ0v) is 9.98. The minimum Gasteiger partial charge on any atom is -0.472 e. The quantitative estimate of drug-likeness (QED) is 0.768. The van der Waals surface area contributed by atoms with Gasteiger partial charge < -0.3 is 4.74 Å². The van der Waals surface area contributed by atoms with Gasteiger partial charge in [0.2, 0.25) is 5.78 Å². The third-order valence-electron chi connectivity index (χ3n) is 3.52. The molecule has 2 bridgehead atoms. The molecule has 0 radical (unpaired) electrons. The van der Waals surface area contributed by atoms with Gasteiger partial charge in [0.1, 0.15) is 0 Å². The summed E-state index contributed by atoms with van der Waals surface area (Å²) in [5.41, 5.74) is -0.00427. The molecule has 4 heteroatoms. The van der Waals surface area contributed by atoms with E-state index in [1.54, 1.807) is 6.07 Å². The van der Waals surface area contributed by atoms with Crippen LogP contribution in [0.4, 0.5) is 0 Å². The van der Waals surface area contributed by atoms with E-state index in [9.17, 15) is 4.79 Å². The van der Waals surface area contributed by atoms with Gasteiger partial charge in [-0.2, -0.15) is 0 Å². The molecule has 0 spiro atoms. The topological polar surface area (TPSA) is 38.7 Å². The smallest absolute Gasteiger partial charge is 0.205 e. The van der Waals surface area contributed by atoms with Crippen LogP contribution in [0.15, 0.2) is 29.3 Å². The average molecular weight is 250 g/mol. The molecule has 1 saturated carbocycles. The Morgan fingerprint density at radius 2 is 2.24 bits per heavy atom. The first-order valence-electron chi connectivity index (χ1n) is 5.72. The summed E-state index contributed by atoms with van der Waals surface area (Å²) in [5, 5.41) is 0.598. The van der Waals surface area contributed by atoms with Crippen LogP contribution in [0, 0.1) is 0 Å². The van der Waals surface area contributed by atoms with E-state index in [1.807, 2.05) is 18.2 Å². The summed E-state index contributed by atoms with van der Waals surface area (Å²) in [6.45, 7) is 0. The molecule has 2 aliphatic rings. The van der Waals surface area contributed by atoms with Gasteiger partial charge in [-0.3, -0.25) is 4.79 Å². The van der Waals surface area contributed by atoms with Crippen molar-refractivity contribution in [2.45, 2.75) is 30.9 Å². The Labute approximate surface area is 104 Å². The Kier molecular flexibility index (Phi) is 2.44. The number of hydrogen-bond donors (Lipinski definition) is 0. The number of carbonyl (C=O) groups excluding carboxylic acids is 1. The molecule has 88 valence electrons. The molecule has 1 aliphatic heterocycles. The highest BCUT2D eigenvalue weighted by Gasteiger charge is 2.49. The van der Waals surface area contributed by atoms with E-state index in [0.29, 0.717) is 11.4 Å². The van der Waals surface area contributed by atoms with Crippen molar-refractivity contribution in [2.24, 2.45) is 4.99 Å². The van der Waals surface area contributed by atoms with Gasteiger partial charge >= 0.3 is 0 Å². The summed E-state index contributed by atoms with van der Waals surface area (Å²) in [6, 6.07) is 7.42. The van der Waals surface area contributed by atoms with Crippen LogP contribution in [0.25, 0.3) is 0 Å². The number of carbonyl (C=O) groups is 1. The van der Waals surface area contributed by atoms with E-state index >= 15 is 0 Å².